The van der Waals surface area contributed by atoms with Crippen molar-refractivity contribution in [2.75, 3.05) is 25.1 Å². The quantitative estimate of drug-likeness (QED) is 0.387. The predicted octanol–water partition coefficient (Wildman–Crippen LogP) is 6.38. The molecule has 0 aliphatic heterocycles. The molecule has 0 unspecified atom stereocenters. The molecule has 4 rings (SSSR count). The number of aromatic nitrogens is 2. The average molecular weight is 514 g/mol. The van der Waals surface area contributed by atoms with Gasteiger partial charge < -0.3 is 16.0 Å². The molecular formula is C28H34F3N5O. The fourth-order valence-electron chi connectivity index (χ4n) is 5.31. The number of carbonyl (C=O) groups is 1. The van der Waals surface area contributed by atoms with Crippen LogP contribution in [0.5, 0.6) is 0 Å². The predicted molar refractivity (Wildman–Crippen MR) is 140 cm³/mol. The zero-order valence-electron chi connectivity index (χ0n) is 21.9. The number of nitrogen functional groups attached to an aromatic ring is 1. The molecule has 6 nitrogen and oxygen atoms in total. The van der Waals surface area contributed by atoms with Crippen molar-refractivity contribution in [2.24, 2.45) is 5.92 Å². The number of amides is 1. The minimum Gasteiger partial charge on any atom is -0.399 e. The molecule has 1 aliphatic carbocycles. The maximum absolute atomic E-state index is 13.4. The van der Waals surface area contributed by atoms with Gasteiger partial charge >= 0.3 is 6.18 Å². The van der Waals surface area contributed by atoms with Gasteiger partial charge in [-0.25, -0.2) is 9.97 Å². The summed E-state index contributed by atoms with van der Waals surface area (Å²) < 4.78 is 40.1. The van der Waals surface area contributed by atoms with Crippen LogP contribution in [-0.2, 0) is 11.0 Å². The third-order valence-corrected chi connectivity index (χ3v) is 7.27. The SMILES string of the molecule is Cc1nc(N[C@H](C)c2cc(N)cc(C(F)(F)F)c2)c2cc(C3CCC(C(=O)N(C)C)CC3)cc(C)c2n1. The molecular weight excluding hydrogens is 479 g/mol. The number of fused-ring (bicyclic) bond motifs is 1. The molecule has 198 valence electrons. The summed E-state index contributed by atoms with van der Waals surface area (Å²) in [5, 5.41) is 4.15. The van der Waals surface area contributed by atoms with Crippen LogP contribution in [0.2, 0.25) is 0 Å². The molecule has 1 saturated carbocycles. The van der Waals surface area contributed by atoms with E-state index in [0.29, 0.717) is 23.1 Å². The fourth-order valence-corrected chi connectivity index (χ4v) is 5.31. The van der Waals surface area contributed by atoms with E-state index < -0.39 is 17.8 Å². The van der Waals surface area contributed by atoms with E-state index in [1.54, 1.807) is 38.9 Å². The lowest BCUT2D eigenvalue weighted by Crippen LogP contribution is -2.32. The van der Waals surface area contributed by atoms with Crippen LogP contribution in [-0.4, -0.2) is 34.9 Å². The van der Waals surface area contributed by atoms with Crippen LogP contribution in [0.25, 0.3) is 10.9 Å². The Labute approximate surface area is 215 Å². The van der Waals surface area contributed by atoms with Gasteiger partial charge in [-0.15, -0.1) is 0 Å². The molecule has 1 aliphatic rings. The molecule has 1 fully saturated rings. The van der Waals surface area contributed by atoms with E-state index in [4.69, 9.17) is 5.73 Å². The second-order valence-corrected chi connectivity index (χ2v) is 10.4. The maximum Gasteiger partial charge on any atom is 0.416 e. The third kappa shape index (κ3) is 5.81. The number of nitrogens with zero attached hydrogens (tertiary/aromatic N) is 3. The van der Waals surface area contributed by atoms with Gasteiger partial charge in [-0.3, -0.25) is 4.79 Å². The fraction of sp³-hybridized carbons (Fsp3) is 0.464. The number of nitrogens with one attached hydrogen (secondary N) is 1. The summed E-state index contributed by atoms with van der Waals surface area (Å²) >= 11 is 0. The average Bonchev–Trinajstić information content (AvgIpc) is 2.83. The Morgan fingerprint density at radius 3 is 2.35 bits per heavy atom. The number of benzene rings is 2. The summed E-state index contributed by atoms with van der Waals surface area (Å²) in [5.74, 6) is 1.73. The van der Waals surface area contributed by atoms with Gasteiger partial charge in [-0.2, -0.15) is 13.2 Å². The first-order chi connectivity index (χ1) is 17.3. The molecule has 1 amide bonds. The van der Waals surface area contributed by atoms with Crippen molar-refractivity contribution in [3.63, 3.8) is 0 Å². The summed E-state index contributed by atoms with van der Waals surface area (Å²) in [4.78, 5) is 23.3. The molecule has 0 radical (unpaired) electrons. The van der Waals surface area contributed by atoms with Crippen molar-refractivity contribution < 1.29 is 18.0 Å². The smallest absolute Gasteiger partial charge is 0.399 e. The van der Waals surface area contributed by atoms with E-state index in [1.807, 2.05) is 6.92 Å². The molecule has 0 bridgehead atoms. The minimum absolute atomic E-state index is 0.0590. The Kier molecular flexibility index (Phi) is 7.35. The van der Waals surface area contributed by atoms with E-state index in [2.05, 4.69) is 27.4 Å². The van der Waals surface area contributed by atoms with E-state index in [1.165, 1.54) is 5.56 Å². The number of nitrogens with two attached hydrogens (primary N) is 1. The molecule has 3 N–H and O–H groups in total. The minimum atomic E-state index is -4.48. The van der Waals surface area contributed by atoms with Crippen molar-refractivity contribution in [1.29, 1.82) is 0 Å². The number of carbonyl (C=O) groups excluding carboxylic acids is 1. The second kappa shape index (κ2) is 10.2. The molecule has 2 aromatic carbocycles. The Bertz CT molecular complexity index is 1310. The first kappa shape index (κ1) is 26.7. The van der Waals surface area contributed by atoms with Gasteiger partial charge in [-0.05, 0) is 93.3 Å². The van der Waals surface area contributed by atoms with Gasteiger partial charge in [-0.1, -0.05) is 6.07 Å². The van der Waals surface area contributed by atoms with Crippen LogP contribution in [0.1, 0.15) is 72.6 Å². The van der Waals surface area contributed by atoms with E-state index >= 15 is 0 Å². The number of alkyl halides is 3. The van der Waals surface area contributed by atoms with Crippen molar-refractivity contribution in [2.45, 2.75) is 64.6 Å². The van der Waals surface area contributed by atoms with Gasteiger partial charge in [0.1, 0.15) is 11.6 Å². The van der Waals surface area contributed by atoms with Gasteiger partial charge in [0.25, 0.3) is 0 Å². The first-order valence-corrected chi connectivity index (χ1v) is 12.6. The highest BCUT2D eigenvalue weighted by atomic mass is 19.4. The highest BCUT2D eigenvalue weighted by molar-refractivity contribution is 5.92. The Balaban J connectivity index is 1.65. The number of rotatable bonds is 5. The van der Waals surface area contributed by atoms with Crippen molar-refractivity contribution in [3.8, 4) is 0 Å². The normalized spacial score (nSPS) is 19.0. The monoisotopic (exact) mass is 513 g/mol. The zero-order chi connectivity index (χ0) is 27.1. The summed E-state index contributed by atoms with van der Waals surface area (Å²) in [6, 6.07) is 7.39. The van der Waals surface area contributed by atoms with Crippen LogP contribution in [0.4, 0.5) is 24.7 Å². The summed E-state index contributed by atoms with van der Waals surface area (Å²) in [6.45, 7) is 5.60. The number of anilines is 2. The van der Waals surface area contributed by atoms with Crippen LogP contribution < -0.4 is 11.1 Å². The molecule has 37 heavy (non-hydrogen) atoms. The zero-order valence-corrected chi connectivity index (χ0v) is 21.9. The molecule has 9 heteroatoms. The highest BCUT2D eigenvalue weighted by Crippen LogP contribution is 2.39. The van der Waals surface area contributed by atoms with Gasteiger partial charge in [0.05, 0.1) is 17.1 Å². The van der Waals surface area contributed by atoms with Gasteiger partial charge in [0.15, 0.2) is 0 Å². The lowest BCUT2D eigenvalue weighted by atomic mass is 9.77. The summed E-state index contributed by atoms with van der Waals surface area (Å²) in [6.07, 6.45) is -0.941. The molecule has 1 atom stereocenters. The molecule has 3 aromatic rings. The maximum atomic E-state index is 13.4. The second-order valence-electron chi connectivity index (χ2n) is 10.4. The largest absolute Gasteiger partial charge is 0.416 e. The van der Waals surface area contributed by atoms with E-state index in [-0.39, 0.29) is 17.5 Å². The molecule has 1 heterocycles. The van der Waals surface area contributed by atoms with Crippen LogP contribution >= 0.6 is 0 Å². The Morgan fingerprint density at radius 1 is 1.05 bits per heavy atom. The van der Waals surface area contributed by atoms with Gasteiger partial charge in [0.2, 0.25) is 5.91 Å². The summed E-state index contributed by atoms with van der Waals surface area (Å²) in [7, 11) is 3.60. The van der Waals surface area contributed by atoms with E-state index in [9.17, 15) is 18.0 Å². The molecule has 1 aromatic heterocycles. The third-order valence-electron chi connectivity index (χ3n) is 7.27. The lowest BCUT2D eigenvalue weighted by Gasteiger charge is -2.30. The van der Waals surface area contributed by atoms with Crippen LogP contribution in [0.3, 0.4) is 0 Å². The van der Waals surface area contributed by atoms with Crippen LogP contribution in [0, 0.1) is 19.8 Å². The van der Waals surface area contributed by atoms with E-state index in [0.717, 1.165) is 54.3 Å². The highest BCUT2D eigenvalue weighted by Gasteiger charge is 2.32. The van der Waals surface area contributed by atoms with Crippen molar-refractivity contribution >= 4 is 28.3 Å². The Hall–Kier alpha value is -3.36. The topological polar surface area (TPSA) is 84.1 Å². The van der Waals surface area contributed by atoms with Gasteiger partial charge in [0, 0.05) is 31.1 Å². The molecule has 0 saturated heterocycles. The van der Waals surface area contributed by atoms with Crippen molar-refractivity contribution in [3.05, 3.63) is 58.4 Å². The van der Waals surface area contributed by atoms with Crippen molar-refractivity contribution in [1.82, 2.24) is 14.9 Å². The molecule has 0 spiro atoms. The number of aryl methyl sites for hydroxylation is 2. The number of hydrogen-bond donors (Lipinski definition) is 2. The standard InChI is InChI=1S/C28H34F3N5O/c1-15-10-21(18-6-8-19(9-7-18)27(37)36(4)5)13-24-25(15)34-17(3)35-26(24)33-16(2)20-11-22(28(29,30)31)14-23(32)12-20/h10-14,16,18-19H,6-9,32H2,1-5H3,(H,33,34,35)/t16-,18?,19?/m1/s1. The Morgan fingerprint density at radius 2 is 1.73 bits per heavy atom. The summed E-state index contributed by atoms with van der Waals surface area (Å²) in [5.41, 5.74) is 8.50. The lowest BCUT2D eigenvalue weighted by molar-refractivity contribution is -0.137. The number of halogens is 3. The number of hydrogen-bond acceptors (Lipinski definition) is 5. The first-order valence-electron chi connectivity index (χ1n) is 12.6. The van der Waals surface area contributed by atoms with Crippen LogP contribution in [0.15, 0.2) is 30.3 Å².